The Morgan fingerprint density at radius 1 is 1.14 bits per heavy atom. The van der Waals surface area contributed by atoms with E-state index in [9.17, 15) is 14.4 Å². The van der Waals surface area contributed by atoms with Crippen LogP contribution in [0.5, 0.6) is 0 Å². The van der Waals surface area contributed by atoms with Crippen LogP contribution in [0.1, 0.15) is 45.6 Å². The molecule has 0 aliphatic carbocycles. The number of carbonyl (C=O) groups excluding carboxylic acids is 3. The highest BCUT2D eigenvalue weighted by molar-refractivity contribution is 5.82. The van der Waals surface area contributed by atoms with E-state index < -0.39 is 23.7 Å². The maximum Gasteiger partial charge on any atom is 0.411 e. The highest BCUT2D eigenvalue weighted by Crippen LogP contribution is 2.29. The number of rotatable bonds is 6. The molecule has 28 heavy (non-hydrogen) atoms. The van der Waals surface area contributed by atoms with Gasteiger partial charge in [0.25, 0.3) is 0 Å². The molecular weight excluding hydrogens is 362 g/mol. The zero-order valence-corrected chi connectivity index (χ0v) is 17.0. The molecule has 0 radical (unpaired) electrons. The van der Waals surface area contributed by atoms with Crippen LogP contribution in [0.15, 0.2) is 30.3 Å². The first-order valence-electron chi connectivity index (χ1n) is 9.46. The zero-order chi connectivity index (χ0) is 20.7. The monoisotopic (exact) mass is 391 g/mol. The number of methoxy groups -OCH3 is 1. The number of hydrogen-bond acceptors (Lipinski definition) is 6. The van der Waals surface area contributed by atoms with Gasteiger partial charge in [-0.3, -0.25) is 9.69 Å². The molecule has 0 aromatic heterocycles. The Labute approximate surface area is 165 Å². The minimum atomic E-state index is -0.690. The van der Waals surface area contributed by atoms with E-state index in [4.69, 9.17) is 14.2 Å². The van der Waals surface area contributed by atoms with Crippen LogP contribution in [-0.2, 0) is 30.4 Å². The molecule has 7 heteroatoms. The lowest BCUT2D eigenvalue weighted by molar-refractivity contribution is -0.146. The van der Waals surface area contributed by atoms with Gasteiger partial charge in [-0.1, -0.05) is 30.3 Å². The molecule has 0 unspecified atom stereocenters. The molecule has 1 aliphatic heterocycles. The Bertz CT molecular complexity index is 682. The third-order valence-electron chi connectivity index (χ3n) is 4.49. The van der Waals surface area contributed by atoms with Crippen molar-refractivity contribution in [1.82, 2.24) is 4.90 Å². The number of hydrogen-bond donors (Lipinski definition) is 0. The summed E-state index contributed by atoms with van der Waals surface area (Å²) < 4.78 is 15.5. The Morgan fingerprint density at radius 3 is 2.43 bits per heavy atom. The van der Waals surface area contributed by atoms with Crippen LogP contribution in [-0.4, -0.2) is 48.2 Å². The fourth-order valence-electron chi connectivity index (χ4n) is 3.15. The van der Waals surface area contributed by atoms with Crippen molar-refractivity contribution < 1.29 is 28.6 Å². The van der Waals surface area contributed by atoms with Gasteiger partial charge in [-0.15, -0.1) is 0 Å². The summed E-state index contributed by atoms with van der Waals surface area (Å²) in [6, 6.07) is 8.78. The van der Waals surface area contributed by atoms with Crippen LogP contribution >= 0.6 is 0 Å². The van der Waals surface area contributed by atoms with Crippen LogP contribution in [0.3, 0.4) is 0 Å². The molecule has 1 aromatic rings. The first-order valence-corrected chi connectivity index (χ1v) is 9.46. The van der Waals surface area contributed by atoms with Crippen molar-refractivity contribution in [3.05, 3.63) is 35.9 Å². The average molecular weight is 391 g/mol. The van der Waals surface area contributed by atoms with E-state index in [1.54, 1.807) is 20.8 Å². The van der Waals surface area contributed by atoms with E-state index in [-0.39, 0.29) is 24.9 Å². The van der Waals surface area contributed by atoms with E-state index in [0.717, 1.165) is 5.56 Å². The number of amides is 1. The Morgan fingerprint density at radius 2 is 1.82 bits per heavy atom. The molecule has 1 heterocycles. The average Bonchev–Trinajstić information content (AvgIpc) is 3.08. The molecule has 154 valence electrons. The predicted octanol–water partition coefficient (Wildman–Crippen LogP) is 3.31. The number of ether oxygens (including phenoxy) is 3. The molecule has 0 N–H and O–H groups in total. The lowest BCUT2D eigenvalue weighted by Crippen LogP contribution is -2.43. The fraction of sp³-hybridized carbons (Fsp3) is 0.571. The lowest BCUT2D eigenvalue weighted by Gasteiger charge is -2.27. The lowest BCUT2D eigenvalue weighted by atomic mass is 10.00. The highest BCUT2D eigenvalue weighted by Gasteiger charge is 2.42. The highest BCUT2D eigenvalue weighted by atomic mass is 16.6. The standard InChI is InChI=1S/C21H29NO6/c1-21(2,3)28-20(25)22-13-16(12-17(22)19(24)26-4)10-11-18(23)27-14-15-8-6-5-7-9-15/h5-9,16-17H,10-14H2,1-4H3/t16-,17-/m0/s1. The smallest absolute Gasteiger partial charge is 0.411 e. The normalized spacial score (nSPS) is 19.2. The summed E-state index contributed by atoms with van der Waals surface area (Å²) in [6.45, 7) is 5.90. The Hall–Kier alpha value is -2.57. The molecular formula is C21H29NO6. The number of benzene rings is 1. The van der Waals surface area contributed by atoms with Gasteiger partial charge in [0.2, 0.25) is 0 Å². The second-order valence-corrected chi connectivity index (χ2v) is 7.96. The van der Waals surface area contributed by atoms with Crippen molar-refractivity contribution in [3.8, 4) is 0 Å². The molecule has 0 saturated carbocycles. The third kappa shape index (κ3) is 6.55. The molecule has 2 atom stereocenters. The molecule has 0 spiro atoms. The molecule has 0 bridgehead atoms. The van der Waals surface area contributed by atoms with E-state index in [0.29, 0.717) is 19.4 Å². The summed E-state index contributed by atoms with van der Waals surface area (Å²) >= 11 is 0. The quantitative estimate of drug-likeness (QED) is 0.547. The Kier molecular flexibility index (Phi) is 7.43. The summed E-state index contributed by atoms with van der Waals surface area (Å²) in [5, 5.41) is 0. The maximum atomic E-state index is 12.4. The zero-order valence-electron chi connectivity index (χ0n) is 17.0. The third-order valence-corrected chi connectivity index (χ3v) is 4.49. The molecule has 1 saturated heterocycles. The van der Waals surface area contributed by atoms with Crippen molar-refractivity contribution in [1.29, 1.82) is 0 Å². The maximum absolute atomic E-state index is 12.4. The molecule has 1 fully saturated rings. The first kappa shape index (κ1) is 21.7. The number of likely N-dealkylation sites (tertiary alicyclic amines) is 1. The van der Waals surface area contributed by atoms with Crippen LogP contribution in [0.4, 0.5) is 4.79 Å². The van der Waals surface area contributed by atoms with Crippen molar-refractivity contribution in [2.75, 3.05) is 13.7 Å². The van der Waals surface area contributed by atoms with E-state index >= 15 is 0 Å². The van der Waals surface area contributed by atoms with Gasteiger partial charge in [-0.25, -0.2) is 9.59 Å². The first-order chi connectivity index (χ1) is 13.2. The number of carbonyl (C=O) groups is 3. The van der Waals surface area contributed by atoms with Crippen molar-refractivity contribution in [2.45, 2.75) is 58.3 Å². The molecule has 1 aliphatic rings. The van der Waals surface area contributed by atoms with E-state index in [1.807, 2.05) is 30.3 Å². The molecule has 1 aromatic carbocycles. The van der Waals surface area contributed by atoms with Gasteiger partial charge >= 0.3 is 18.0 Å². The summed E-state index contributed by atoms with van der Waals surface area (Å²) in [5.74, 6) is -0.768. The van der Waals surface area contributed by atoms with Crippen LogP contribution in [0.25, 0.3) is 0 Å². The van der Waals surface area contributed by atoms with Crippen molar-refractivity contribution in [2.24, 2.45) is 5.92 Å². The number of esters is 2. The summed E-state index contributed by atoms with van der Waals surface area (Å²) in [4.78, 5) is 37.9. The van der Waals surface area contributed by atoms with Gasteiger partial charge in [-0.05, 0) is 45.1 Å². The van der Waals surface area contributed by atoms with Crippen LogP contribution < -0.4 is 0 Å². The topological polar surface area (TPSA) is 82.1 Å². The van der Waals surface area contributed by atoms with Gasteiger partial charge in [0.05, 0.1) is 7.11 Å². The number of nitrogens with zero attached hydrogens (tertiary/aromatic N) is 1. The van der Waals surface area contributed by atoms with Crippen LogP contribution in [0, 0.1) is 5.92 Å². The molecule has 2 rings (SSSR count). The summed E-state index contributed by atoms with van der Waals surface area (Å²) in [6.07, 6.45) is 0.656. The second-order valence-electron chi connectivity index (χ2n) is 7.96. The summed E-state index contributed by atoms with van der Waals surface area (Å²) in [7, 11) is 1.30. The van der Waals surface area contributed by atoms with Crippen LogP contribution in [0.2, 0.25) is 0 Å². The second kappa shape index (κ2) is 9.57. The molecule has 7 nitrogen and oxygen atoms in total. The predicted molar refractivity (Wildman–Crippen MR) is 102 cm³/mol. The van der Waals surface area contributed by atoms with Gasteiger partial charge in [0.15, 0.2) is 0 Å². The van der Waals surface area contributed by atoms with Gasteiger partial charge in [-0.2, -0.15) is 0 Å². The van der Waals surface area contributed by atoms with E-state index in [1.165, 1.54) is 12.0 Å². The van der Waals surface area contributed by atoms with Crippen molar-refractivity contribution in [3.63, 3.8) is 0 Å². The van der Waals surface area contributed by atoms with Gasteiger partial charge in [0.1, 0.15) is 18.2 Å². The van der Waals surface area contributed by atoms with Gasteiger partial charge < -0.3 is 14.2 Å². The van der Waals surface area contributed by atoms with E-state index in [2.05, 4.69) is 0 Å². The van der Waals surface area contributed by atoms with Crippen molar-refractivity contribution >= 4 is 18.0 Å². The minimum Gasteiger partial charge on any atom is -0.467 e. The van der Waals surface area contributed by atoms with Gasteiger partial charge in [0, 0.05) is 13.0 Å². The molecule has 1 amide bonds. The largest absolute Gasteiger partial charge is 0.467 e. The SMILES string of the molecule is COC(=O)[C@@H]1C[C@H](CCC(=O)OCc2ccccc2)CN1C(=O)OC(C)(C)C. The Balaban J connectivity index is 1.87. The fourth-order valence-corrected chi connectivity index (χ4v) is 3.15. The minimum absolute atomic E-state index is 0.000827. The summed E-state index contributed by atoms with van der Waals surface area (Å²) in [5.41, 5.74) is 0.274.